The van der Waals surface area contributed by atoms with E-state index >= 15 is 0 Å². The molecular weight excluding hydrogens is 239 g/mol. The molecule has 16 heavy (non-hydrogen) atoms. The lowest BCUT2D eigenvalue weighted by atomic mass is 9.96. The highest BCUT2D eigenvalue weighted by molar-refractivity contribution is 6.31. The summed E-state index contributed by atoms with van der Waals surface area (Å²) in [5.74, 6) is -4.44. The summed E-state index contributed by atoms with van der Waals surface area (Å²) >= 11 is 5.66. The molecule has 0 saturated heterocycles. The van der Waals surface area contributed by atoms with E-state index in [1.807, 2.05) is 0 Å². The third-order valence-corrected chi connectivity index (χ3v) is 2.34. The first-order valence-electron chi connectivity index (χ1n) is 4.31. The van der Waals surface area contributed by atoms with Crippen LogP contribution >= 0.6 is 11.6 Å². The molecule has 0 aliphatic rings. The van der Waals surface area contributed by atoms with Gasteiger partial charge < -0.3 is 10.2 Å². The van der Waals surface area contributed by atoms with Gasteiger partial charge in [-0.1, -0.05) is 17.7 Å². The normalized spacial score (nSPS) is 12.1. The molecule has 1 rings (SSSR count). The quantitative estimate of drug-likeness (QED) is 0.853. The average molecular weight is 247 g/mol. The first kappa shape index (κ1) is 12.4. The maximum Gasteiger partial charge on any atom is 0.311 e. The van der Waals surface area contributed by atoms with Crippen molar-refractivity contribution in [2.24, 2.45) is 0 Å². The van der Waals surface area contributed by atoms with Crippen LogP contribution in [-0.2, 0) is 9.59 Å². The zero-order chi connectivity index (χ0) is 12.3. The summed E-state index contributed by atoms with van der Waals surface area (Å²) < 4.78 is 12.7. The summed E-state index contributed by atoms with van der Waals surface area (Å²) in [6.07, 6.45) is -0.597. The molecule has 4 nitrogen and oxygen atoms in total. The second-order valence-corrected chi connectivity index (χ2v) is 3.56. The second-order valence-electron chi connectivity index (χ2n) is 3.15. The van der Waals surface area contributed by atoms with E-state index in [1.54, 1.807) is 0 Å². The lowest BCUT2D eigenvalue weighted by Gasteiger charge is -2.11. The van der Waals surface area contributed by atoms with Gasteiger partial charge in [-0.05, 0) is 17.7 Å². The summed E-state index contributed by atoms with van der Waals surface area (Å²) in [4.78, 5) is 21.3. The highest BCUT2D eigenvalue weighted by atomic mass is 35.5. The predicted octanol–water partition coefficient (Wildman–Crippen LogP) is 2.12. The number of hydrogen-bond acceptors (Lipinski definition) is 2. The SMILES string of the molecule is O=C(O)CC(C(=O)O)c1ccc(F)cc1Cl. The molecule has 0 bridgehead atoms. The van der Waals surface area contributed by atoms with Gasteiger partial charge in [0.05, 0.1) is 12.3 Å². The Balaban J connectivity index is 3.10. The van der Waals surface area contributed by atoms with Gasteiger partial charge in [0.1, 0.15) is 5.82 Å². The number of hydrogen-bond donors (Lipinski definition) is 2. The molecule has 1 aromatic rings. The van der Waals surface area contributed by atoms with Crippen LogP contribution in [0.2, 0.25) is 5.02 Å². The fourth-order valence-corrected chi connectivity index (χ4v) is 1.59. The van der Waals surface area contributed by atoms with Crippen molar-refractivity contribution in [2.45, 2.75) is 12.3 Å². The van der Waals surface area contributed by atoms with Crippen molar-refractivity contribution in [1.82, 2.24) is 0 Å². The topological polar surface area (TPSA) is 74.6 Å². The van der Waals surface area contributed by atoms with Crippen LogP contribution in [0.5, 0.6) is 0 Å². The van der Waals surface area contributed by atoms with Crippen molar-refractivity contribution >= 4 is 23.5 Å². The predicted molar refractivity (Wildman–Crippen MR) is 54.0 cm³/mol. The lowest BCUT2D eigenvalue weighted by Crippen LogP contribution is -2.16. The van der Waals surface area contributed by atoms with E-state index < -0.39 is 30.1 Å². The minimum atomic E-state index is -1.31. The van der Waals surface area contributed by atoms with Crippen LogP contribution in [0.1, 0.15) is 17.9 Å². The van der Waals surface area contributed by atoms with Gasteiger partial charge in [0.25, 0.3) is 0 Å². The van der Waals surface area contributed by atoms with E-state index in [9.17, 15) is 14.0 Å². The average Bonchev–Trinajstić information content (AvgIpc) is 2.14. The van der Waals surface area contributed by atoms with E-state index in [4.69, 9.17) is 21.8 Å². The molecule has 0 saturated carbocycles. The molecule has 0 radical (unpaired) electrons. The van der Waals surface area contributed by atoms with Crippen LogP contribution in [-0.4, -0.2) is 22.2 Å². The molecule has 0 aromatic heterocycles. The third kappa shape index (κ3) is 2.93. The molecule has 0 spiro atoms. The minimum absolute atomic E-state index is 0.0892. The maximum absolute atomic E-state index is 12.7. The number of carbonyl (C=O) groups is 2. The fourth-order valence-electron chi connectivity index (χ4n) is 1.29. The summed E-state index contributed by atoms with van der Waals surface area (Å²) in [7, 11) is 0. The van der Waals surface area contributed by atoms with Crippen LogP contribution in [0.4, 0.5) is 4.39 Å². The van der Waals surface area contributed by atoms with Crippen molar-refractivity contribution in [1.29, 1.82) is 0 Å². The summed E-state index contributed by atoms with van der Waals surface area (Å²) in [5.41, 5.74) is 0.0953. The molecule has 1 atom stereocenters. The Bertz CT molecular complexity index is 433. The Morgan fingerprint density at radius 2 is 2.00 bits per heavy atom. The van der Waals surface area contributed by atoms with Crippen molar-refractivity contribution in [2.75, 3.05) is 0 Å². The molecule has 0 aliphatic heterocycles. The number of aliphatic carboxylic acids is 2. The van der Waals surface area contributed by atoms with E-state index in [0.29, 0.717) is 0 Å². The number of carboxylic acids is 2. The molecule has 86 valence electrons. The van der Waals surface area contributed by atoms with Gasteiger partial charge >= 0.3 is 11.9 Å². The fraction of sp³-hybridized carbons (Fsp3) is 0.200. The Morgan fingerprint density at radius 1 is 1.38 bits per heavy atom. The second kappa shape index (κ2) is 4.94. The van der Waals surface area contributed by atoms with Crippen molar-refractivity contribution < 1.29 is 24.2 Å². The van der Waals surface area contributed by atoms with E-state index in [2.05, 4.69) is 0 Å². The molecule has 2 N–H and O–H groups in total. The summed E-state index contributed by atoms with van der Waals surface area (Å²) in [6, 6.07) is 3.17. The van der Waals surface area contributed by atoms with Crippen LogP contribution in [0.25, 0.3) is 0 Å². The van der Waals surface area contributed by atoms with Crippen molar-refractivity contribution in [3.63, 3.8) is 0 Å². The molecule has 0 heterocycles. The molecule has 1 aromatic carbocycles. The van der Waals surface area contributed by atoms with E-state index in [1.165, 1.54) is 6.07 Å². The zero-order valence-electron chi connectivity index (χ0n) is 7.98. The monoisotopic (exact) mass is 246 g/mol. The van der Waals surface area contributed by atoms with Crippen molar-refractivity contribution in [3.8, 4) is 0 Å². The molecule has 6 heteroatoms. The summed E-state index contributed by atoms with van der Waals surface area (Å²) in [5, 5.41) is 17.3. The Labute approximate surface area is 95.3 Å². The third-order valence-electron chi connectivity index (χ3n) is 2.01. The van der Waals surface area contributed by atoms with Gasteiger partial charge in [0, 0.05) is 5.02 Å². The largest absolute Gasteiger partial charge is 0.481 e. The van der Waals surface area contributed by atoms with Gasteiger partial charge in [-0.25, -0.2) is 4.39 Å². The van der Waals surface area contributed by atoms with Crippen LogP contribution < -0.4 is 0 Å². The Kier molecular flexibility index (Phi) is 3.84. The molecule has 0 amide bonds. The molecule has 0 fully saturated rings. The van der Waals surface area contributed by atoms with Gasteiger partial charge in [0.15, 0.2) is 0 Å². The van der Waals surface area contributed by atoms with Crippen LogP contribution in [0.15, 0.2) is 18.2 Å². The van der Waals surface area contributed by atoms with Crippen molar-refractivity contribution in [3.05, 3.63) is 34.6 Å². The first-order chi connectivity index (χ1) is 7.41. The molecular formula is C10H8ClFO4. The zero-order valence-corrected chi connectivity index (χ0v) is 8.74. The standard InChI is InChI=1S/C10H8ClFO4/c11-8-3-5(12)1-2-6(8)7(10(15)16)4-9(13)14/h1-3,7H,4H2,(H,13,14)(H,15,16). The maximum atomic E-state index is 12.7. The first-order valence-corrected chi connectivity index (χ1v) is 4.69. The smallest absolute Gasteiger partial charge is 0.311 e. The van der Waals surface area contributed by atoms with Gasteiger partial charge in [-0.3, -0.25) is 9.59 Å². The lowest BCUT2D eigenvalue weighted by molar-refractivity contribution is -0.145. The van der Waals surface area contributed by atoms with Gasteiger partial charge in [-0.2, -0.15) is 0 Å². The Morgan fingerprint density at radius 3 is 2.44 bits per heavy atom. The number of halogens is 2. The highest BCUT2D eigenvalue weighted by Gasteiger charge is 2.25. The molecule has 0 aliphatic carbocycles. The van der Waals surface area contributed by atoms with Crippen LogP contribution in [0, 0.1) is 5.82 Å². The Hall–Kier alpha value is -1.62. The number of carboxylic acid groups (broad SMARTS) is 2. The van der Waals surface area contributed by atoms with Crippen LogP contribution in [0.3, 0.4) is 0 Å². The van der Waals surface area contributed by atoms with Gasteiger partial charge in [-0.15, -0.1) is 0 Å². The summed E-state index contributed by atoms with van der Waals surface area (Å²) in [6.45, 7) is 0. The number of benzene rings is 1. The highest BCUT2D eigenvalue weighted by Crippen LogP contribution is 2.28. The minimum Gasteiger partial charge on any atom is -0.481 e. The molecule has 1 unspecified atom stereocenters. The van der Waals surface area contributed by atoms with E-state index in [-0.39, 0.29) is 10.6 Å². The van der Waals surface area contributed by atoms with Gasteiger partial charge in [0.2, 0.25) is 0 Å². The number of rotatable bonds is 4. The van der Waals surface area contributed by atoms with E-state index in [0.717, 1.165) is 12.1 Å².